The molecule has 158 valence electrons. The summed E-state index contributed by atoms with van der Waals surface area (Å²) in [6.45, 7) is 5.48. The molecule has 2 heterocycles. The van der Waals surface area contributed by atoms with Crippen molar-refractivity contribution < 1.29 is 14.3 Å². The number of hydrogen-bond donors (Lipinski definition) is 1. The first-order valence-corrected chi connectivity index (χ1v) is 10.7. The molecule has 0 aliphatic rings. The molecule has 1 aromatic carbocycles. The molecule has 0 aliphatic heterocycles. The third-order valence-corrected chi connectivity index (χ3v) is 5.33. The summed E-state index contributed by atoms with van der Waals surface area (Å²) in [5.74, 6) is -1.02. The van der Waals surface area contributed by atoms with Gasteiger partial charge in [-0.15, -0.1) is 0 Å². The molecule has 8 nitrogen and oxygen atoms in total. The summed E-state index contributed by atoms with van der Waals surface area (Å²) in [4.78, 5) is 41.7. The van der Waals surface area contributed by atoms with Gasteiger partial charge in [0.25, 0.3) is 5.56 Å². The molecule has 1 N–H and O–H groups in total. The number of hydrogen-bond acceptors (Lipinski definition) is 7. The number of ether oxygens (including phenoxy) is 1. The van der Waals surface area contributed by atoms with Gasteiger partial charge in [0.15, 0.2) is 0 Å². The van der Waals surface area contributed by atoms with Gasteiger partial charge in [-0.25, -0.2) is 9.78 Å². The molecule has 0 atom stereocenters. The molecule has 0 unspecified atom stereocenters. The molecule has 3 rings (SSSR count). The van der Waals surface area contributed by atoms with Gasteiger partial charge in [-0.2, -0.15) is 9.61 Å². The molecule has 0 bridgehead atoms. The normalized spacial score (nSPS) is 11.1. The molecule has 0 fully saturated rings. The van der Waals surface area contributed by atoms with Crippen molar-refractivity contribution in [3.63, 3.8) is 0 Å². The van der Waals surface area contributed by atoms with E-state index in [1.807, 2.05) is 0 Å². The number of amides is 1. The Labute approximate surface area is 177 Å². The smallest absolute Gasteiger partial charge is 0.340 e. The fourth-order valence-electron chi connectivity index (χ4n) is 2.66. The zero-order valence-corrected chi connectivity index (χ0v) is 18.0. The van der Waals surface area contributed by atoms with E-state index in [1.165, 1.54) is 21.9 Å². The van der Waals surface area contributed by atoms with E-state index in [2.05, 4.69) is 22.3 Å². The first kappa shape index (κ1) is 21.6. The lowest BCUT2D eigenvalue weighted by molar-refractivity contribution is -0.118. The van der Waals surface area contributed by atoms with Crippen LogP contribution in [0, 0.1) is 5.92 Å². The third-order valence-electron chi connectivity index (χ3n) is 4.36. The number of nitrogens with one attached hydrogen (secondary N) is 1. The van der Waals surface area contributed by atoms with Crippen LogP contribution in [0.4, 0.5) is 5.69 Å². The lowest BCUT2D eigenvalue weighted by Gasteiger charge is -2.12. The van der Waals surface area contributed by atoms with Crippen LogP contribution in [0.3, 0.4) is 0 Å². The lowest BCUT2D eigenvalue weighted by atomic mass is 10.1. The molecule has 9 heteroatoms. The van der Waals surface area contributed by atoms with Crippen LogP contribution in [-0.2, 0) is 22.6 Å². The molecule has 3 aromatic rings. The molecule has 0 aliphatic carbocycles. The molecule has 0 saturated carbocycles. The van der Waals surface area contributed by atoms with Gasteiger partial charge in [-0.3, -0.25) is 9.59 Å². The van der Waals surface area contributed by atoms with E-state index in [4.69, 9.17) is 4.74 Å². The number of esters is 1. The second-order valence-electron chi connectivity index (χ2n) is 7.15. The summed E-state index contributed by atoms with van der Waals surface area (Å²) in [5.41, 5.74) is 0.661. The average Bonchev–Trinajstić information content (AvgIpc) is 3.14. The minimum Gasteiger partial charge on any atom is -0.456 e. The van der Waals surface area contributed by atoms with E-state index in [1.54, 1.807) is 38.1 Å². The minimum absolute atomic E-state index is 0.154. The Morgan fingerprint density at radius 3 is 2.77 bits per heavy atom. The number of aromatic nitrogens is 3. The predicted molar refractivity (Wildman–Crippen MR) is 115 cm³/mol. The monoisotopic (exact) mass is 428 g/mol. The molecular weight excluding hydrogens is 404 g/mol. The number of aryl methyl sites for hydroxylation is 1. The zero-order valence-electron chi connectivity index (χ0n) is 17.2. The highest BCUT2D eigenvalue weighted by Gasteiger charge is 2.17. The molecule has 30 heavy (non-hydrogen) atoms. The number of fused-ring (bicyclic) bond motifs is 1. The van der Waals surface area contributed by atoms with Gasteiger partial charge in [-0.05, 0) is 18.6 Å². The summed E-state index contributed by atoms with van der Waals surface area (Å²) in [5, 5.41) is 7.88. The van der Waals surface area contributed by atoms with Crippen LogP contribution in [0.15, 0.2) is 35.1 Å². The summed E-state index contributed by atoms with van der Waals surface area (Å²) in [6.07, 6.45) is 2.83. The number of carbonyl (C=O) groups is 2. The topological polar surface area (TPSA) is 103 Å². The van der Waals surface area contributed by atoms with Crippen LogP contribution in [0.1, 0.15) is 54.7 Å². The van der Waals surface area contributed by atoms with Crippen LogP contribution in [0.5, 0.6) is 0 Å². The van der Waals surface area contributed by atoms with Crippen molar-refractivity contribution in [2.24, 2.45) is 5.92 Å². The SMILES string of the molecule is CCCCc1nn2c(=O)cc(COC(=O)c3ccccc3NC(=O)C(C)C)nc2s1. The van der Waals surface area contributed by atoms with Gasteiger partial charge in [0.05, 0.1) is 16.9 Å². The Kier molecular flexibility index (Phi) is 6.94. The van der Waals surface area contributed by atoms with Crippen molar-refractivity contribution in [3.05, 3.63) is 57.0 Å². The number of nitrogens with zero attached hydrogens (tertiary/aromatic N) is 3. The average molecular weight is 429 g/mol. The van der Waals surface area contributed by atoms with Crippen molar-refractivity contribution in [1.29, 1.82) is 0 Å². The van der Waals surface area contributed by atoms with Crippen LogP contribution >= 0.6 is 11.3 Å². The lowest BCUT2D eigenvalue weighted by Crippen LogP contribution is -2.20. The van der Waals surface area contributed by atoms with Gasteiger partial charge < -0.3 is 10.1 Å². The fraction of sp³-hybridized carbons (Fsp3) is 0.381. The molecule has 2 aromatic heterocycles. The number of para-hydroxylation sites is 1. The summed E-state index contributed by atoms with van der Waals surface area (Å²) >= 11 is 1.36. The minimum atomic E-state index is -0.607. The Bertz CT molecular complexity index is 1120. The molecule has 0 saturated heterocycles. The van der Waals surface area contributed by atoms with E-state index in [0.717, 1.165) is 24.3 Å². The van der Waals surface area contributed by atoms with Gasteiger partial charge in [0.1, 0.15) is 11.6 Å². The number of anilines is 1. The molecule has 0 spiro atoms. The molecule has 1 amide bonds. The van der Waals surface area contributed by atoms with Gasteiger partial charge in [-0.1, -0.05) is 50.7 Å². The highest BCUT2D eigenvalue weighted by atomic mass is 32.1. The Morgan fingerprint density at radius 1 is 1.27 bits per heavy atom. The Balaban J connectivity index is 1.74. The maximum absolute atomic E-state index is 12.6. The van der Waals surface area contributed by atoms with E-state index >= 15 is 0 Å². The van der Waals surface area contributed by atoms with Crippen LogP contribution < -0.4 is 10.9 Å². The Morgan fingerprint density at radius 2 is 2.03 bits per heavy atom. The zero-order chi connectivity index (χ0) is 21.7. The Hall–Kier alpha value is -3.07. The van der Waals surface area contributed by atoms with Crippen LogP contribution in [0.2, 0.25) is 0 Å². The number of unbranched alkanes of at least 4 members (excludes halogenated alkanes) is 1. The number of rotatable bonds is 8. The number of carbonyl (C=O) groups excluding carboxylic acids is 2. The van der Waals surface area contributed by atoms with Crippen LogP contribution in [-0.4, -0.2) is 26.5 Å². The van der Waals surface area contributed by atoms with Crippen molar-refractivity contribution in [3.8, 4) is 0 Å². The van der Waals surface area contributed by atoms with E-state index in [-0.39, 0.29) is 29.6 Å². The van der Waals surface area contributed by atoms with Gasteiger partial charge >= 0.3 is 5.97 Å². The largest absolute Gasteiger partial charge is 0.456 e. The first-order chi connectivity index (χ1) is 14.4. The highest BCUT2D eigenvalue weighted by Crippen LogP contribution is 2.18. The van der Waals surface area contributed by atoms with E-state index < -0.39 is 5.97 Å². The highest BCUT2D eigenvalue weighted by molar-refractivity contribution is 7.16. The van der Waals surface area contributed by atoms with E-state index in [9.17, 15) is 14.4 Å². The van der Waals surface area contributed by atoms with Gasteiger partial charge in [0, 0.05) is 18.4 Å². The van der Waals surface area contributed by atoms with Crippen molar-refractivity contribution >= 4 is 33.9 Å². The predicted octanol–water partition coefficient (Wildman–Crippen LogP) is 3.45. The summed E-state index contributed by atoms with van der Waals surface area (Å²) in [6, 6.07) is 7.95. The van der Waals surface area contributed by atoms with Gasteiger partial charge in [0.2, 0.25) is 10.9 Å². The first-order valence-electron chi connectivity index (χ1n) is 9.84. The van der Waals surface area contributed by atoms with E-state index in [0.29, 0.717) is 16.3 Å². The maximum atomic E-state index is 12.6. The quantitative estimate of drug-likeness (QED) is 0.551. The second kappa shape index (κ2) is 9.62. The third kappa shape index (κ3) is 5.10. The standard InChI is InChI=1S/C21H24N4O4S/c1-4-5-10-17-24-25-18(26)11-14(22-21(25)30-17)12-29-20(28)15-8-6-7-9-16(15)23-19(27)13(2)3/h6-9,11,13H,4-5,10,12H2,1-3H3,(H,23,27). The maximum Gasteiger partial charge on any atom is 0.340 e. The molecule has 0 radical (unpaired) electrons. The summed E-state index contributed by atoms with van der Waals surface area (Å²) < 4.78 is 6.63. The number of benzene rings is 1. The summed E-state index contributed by atoms with van der Waals surface area (Å²) in [7, 11) is 0. The van der Waals surface area contributed by atoms with Crippen molar-refractivity contribution in [2.75, 3.05) is 5.32 Å². The fourth-order valence-corrected chi connectivity index (χ4v) is 3.62. The molecular formula is C21H24N4O4S. The van der Waals surface area contributed by atoms with Crippen molar-refractivity contribution in [1.82, 2.24) is 14.6 Å². The van der Waals surface area contributed by atoms with Crippen molar-refractivity contribution in [2.45, 2.75) is 46.6 Å². The second-order valence-corrected chi connectivity index (χ2v) is 8.19. The van der Waals surface area contributed by atoms with Crippen LogP contribution in [0.25, 0.3) is 4.96 Å².